The van der Waals surface area contributed by atoms with Gasteiger partial charge in [0, 0.05) is 0 Å². The van der Waals surface area contributed by atoms with Crippen LogP contribution in [0.3, 0.4) is 0 Å². The zero-order chi connectivity index (χ0) is 18.0. The highest BCUT2D eigenvalue weighted by molar-refractivity contribution is 7.22. The number of carbonyl (C=O) groups is 2. The number of amides is 2. The summed E-state index contributed by atoms with van der Waals surface area (Å²) >= 11 is 7.38. The normalized spacial score (nSPS) is 10.7. The molecule has 25 heavy (non-hydrogen) atoms. The highest BCUT2D eigenvalue weighted by Crippen LogP contribution is 2.29. The number of rotatable bonds is 4. The molecule has 2 amide bonds. The first-order valence-corrected chi connectivity index (χ1v) is 8.84. The lowest BCUT2D eigenvalue weighted by Crippen LogP contribution is -2.32. The Balaban J connectivity index is 1.64. The van der Waals surface area contributed by atoms with Gasteiger partial charge >= 0.3 is 0 Å². The molecule has 0 radical (unpaired) electrons. The maximum absolute atomic E-state index is 12.1. The van der Waals surface area contributed by atoms with Gasteiger partial charge in [0.05, 0.1) is 27.3 Å². The van der Waals surface area contributed by atoms with Crippen LogP contribution >= 0.6 is 22.9 Å². The van der Waals surface area contributed by atoms with E-state index in [-0.39, 0.29) is 12.5 Å². The van der Waals surface area contributed by atoms with Gasteiger partial charge in [-0.1, -0.05) is 41.1 Å². The molecular formula is C18H16ClN3O2S. The van der Waals surface area contributed by atoms with Gasteiger partial charge in [0.25, 0.3) is 5.91 Å². The van der Waals surface area contributed by atoms with Crippen molar-refractivity contribution >= 4 is 50.1 Å². The molecule has 2 N–H and O–H groups in total. The van der Waals surface area contributed by atoms with E-state index >= 15 is 0 Å². The SMILES string of the molecule is Cc1cc(C)c2nc(NC(=O)CNC(=O)c3ccccc3Cl)sc2c1. The van der Waals surface area contributed by atoms with Crippen molar-refractivity contribution in [3.8, 4) is 0 Å². The minimum absolute atomic E-state index is 0.155. The number of fused-ring (bicyclic) bond motifs is 1. The number of aromatic nitrogens is 1. The molecule has 7 heteroatoms. The van der Waals surface area contributed by atoms with E-state index in [1.165, 1.54) is 11.3 Å². The molecule has 0 fully saturated rings. The number of hydrogen-bond acceptors (Lipinski definition) is 4. The van der Waals surface area contributed by atoms with Crippen molar-refractivity contribution in [3.63, 3.8) is 0 Å². The van der Waals surface area contributed by atoms with Crippen LogP contribution < -0.4 is 10.6 Å². The van der Waals surface area contributed by atoms with Crippen molar-refractivity contribution in [2.45, 2.75) is 13.8 Å². The fourth-order valence-corrected chi connectivity index (χ4v) is 3.77. The van der Waals surface area contributed by atoms with Gasteiger partial charge in [-0.05, 0) is 43.2 Å². The van der Waals surface area contributed by atoms with Gasteiger partial charge in [-0.15, -0.1) is 0 Å². The molecule has 0 unspecified atom stereocenters. The van der Waals surface area contributed by atoms with Gasteiger partial charge in [-0.3, -0.25) is 9.59 Å². The molecule has 0 bridgehead atoms. The van der Waals surface area contributed by atoms with Crippen molar-refractivity contribution < 1.29 is 9.59 Å². The van der Waals surface area contributed by atoms with Gasteiger partial charge < -0.3 is 10.6 Å². The lowest BCUT2D eigenvalue weighted by Gasteiger charge is -2.06. The molecule has 0 atom stereocenters. The van der Waals surface area contributed by atoms with Crippen LogP contribution in [-0.4, -0.2) is 23.3 Å². The van der Waals surface area contributed by atoms with E-state index in [1.54, 1.807) is 24.3 Å². The van der Waals surface area contributed by atoms with Crippen LogP contribution in [0, 0.1) is 13.8 Å². The van der Waals surface area contributed by atoms with Crippen molar-refractivity contribution in [1.82, 2.24) is 10.3 Å². The molecular weight excluding hydrogens is 358 g/mol. The average Bonchev–Trinajstić information content (AvgIpc) is 2.95. The summed E-state index contributed by atoms with van der Waals surface area (Å²) in [5, 5.41) is 6.14. The van der Waals surface area contributed by atoms with Crippen LogP contribution in [0.4, 0.5) is 5.13 Å². The van der Waals surface area contributed by atoms with Crippen molar-refractivity contribution in [2.24, 2.45) is 0 Å². The van der Waals surface area contributed by atoms with Crippen LogP contribution in [0.1, 0.15) is 21.5 Å². The Morgan fingerprint density at radius 2 is 1.96 bits per heavy atom. The van der Waals surface area contributed by atoms with E-state index < -0.39 is 5.91 Å². The van der Waals surface area contributed by atoms with Crippen molar-refractivity contribution in [1.29, 1.82) is 0 Å². The predicted octanol–water partition coefficient (Wildman–Crippen LogP) is 3.94. The van der Waals surface area contributed by atoms with Gasteiger partial charge in [0.15, 0.2) is 5.13 Å². The first-order valence-electron chi connectivity index (χ1n) is 7.64. The van der Waals surface area contributed by atoms with Crippen molar-refractivity contribution in [3.05, 3.63) is 58.1 Å². The van der Waals surface area contributed by atoms with Crippen LogP contribution in [0.25, 0.3) is 10.2 Å². The van der Waals surface area contributed by atoms with E-state index in [1.807, 2.05) is 19.9 Å². The first kappa shape index (κ1) is 17.4. The highest BCUT2D eigenvalue weighted by atomic mass is 35.5. The summed E-state index contributed by atoms with van der Waals surface area (Å²) in [6.07, 6.45) is 0. The maximum Gasteiger partial charge on any atom is 0.253 e. The number of aryl methyl sites for hydroxylation is 2. The summed E-state index contributed by atoms with van der Waals surface area (Å²) in [6.45, 7) is 3.86. The number of hydrogen-bond donors (Lipinski definition) is 2. The molecule has 0 aliphatic carbocycles. The Kier molecular flexibility index (Phi) is 5.01. The molecule has 3 rings (SSSR count). The quantitative estimate of drug-likeness (QED) is 0.727. The Hall–Kier alpha value is -2.44. The molecule has 128 valence electrons. The third-order valence-electron chi connectivity index (χ3n) is 3.60. The minimum atomic E-state index is -0.392. The number of thiazole rings is 1. The second kappa shape index (κ2) is 7.21. The van der Waals surface area contributed by atoms with E-state index in [0.717, 1.165) is 21.3 Å². The smallest absolute Gasteiger partial charge is 0.253 e. The predicted molar refractivity (Wildman–Crippen MR) is 102 cm³/mol. The average molecular weight is 374 g/mol. The molecule has 0 saturated carbocycles. The summed E-state index contributed by atoms with van der Waals surface area (Å²) in [5.41, 5.74) is 3.44. The zero-order valence-corrected chi connectivity index (χ0v) is 15.3. The Bertz CT molecular complexity index is 968. The van der Waals surface area contributed by atoms with E-state index in [0.29, 0.717) is 15.7 Å². The second-order valence-corrected chi connectivity index (χ2v) is 7.10. The fourth-order valence-electron chi connectivity index (χ4n) is 2.49. The second-order valence-electron chi connectivity index (χ2n) is 5.66. The summed E-state index contributed by atoms with van der Waals surface area (Å²) < 4.78 is 1.02. The molecule has 0 spiro atoms. The fraction of sp³-hybridized carbons (Fsp3) is 0.167. The van der Waals surface area contributed by atoms with Crippen molar-refractivity contribution in [2.75, 3.05) is 11.9 Å². The van der Waals surface area contributed by atoms with Gasteiger partial charge in [-0.2, -0.15) is 0 Å². The van der Waals surface area contributed by atoms with E-state index in [9.17, 15) is 9.59 Å². The Morgan fingerprint density at radius 3 is 2.72 bits per heavy atom. The molecule has 2 aromatic carbocycles. The van der Waals surface area contributed by atoms with Gasteiger partial charge in [0.1, 0.15) is 0 Å². The number of nitrogens with one attached hydrogen (secondary N) is 2. The lowest BCUT2D eigenvalue weighted by atomic mass is 10.1. The van der Waals surface area contributed by atoms with Crippen LogP contribution in [-0.2, 0) is 4.79 Å². The van der Waals surface area contributed by atoms with Crippen LogP contribution in [0.2, 0.25) is 5.02 Å². The summed E-state index contributed by atoms with van der Waals surface area (Å²) in [5.74, 6) is -0.731. The number of carbonyl (C=O) groups excluding carboxylic acids is 2. The third-order valence-corrected chi connectivity index (χ3v) is 4.85. The third kappa shape index (κ3) is 3.97. The Morgan fingerprint density at radius 1 is 1.20 bits per heavy atom. The maximum atomic E-state index is 12.1. The molecule has 0 aliphatic heterocycles. The van der Waals surface area contributed by atoms with Gasteiger partial charge in [-0.25, -0.2) is 4.98 Å². The van der Waals surface area contributed by atoms with E-state index in [2.05, 4.69) is 21.7 Å². The largest absolute Gasteiger partial charge is 0.343 e. The molecule has 1 aromatic heterocycles. The summed E-state index contributed by atoms with van der Waals surface area (Å²) in [6, 6.07) is 10.8. The monoisotopic (exact) mass is 373 g/mol. The first-order chi connectivity index (χ1) is 11.9. The van der Waals surface area contributed by atoms with E-state index in [4.69, 9.17) is 11.6 Å². The topological polar surface area (TPSA) is 71.1 Å². The van der Waals surface area contributed by atoms with Gasteiger partial charge in [0.2, 0.25) is 5.91 Å². The molecule has 0 saturated heterocycles. The number of anilines is 1. The zero-order valence-electron chi connectivity index (χ0n) is 13.7. The number of nitrogens with zero attached hydrogens (tertiary/aromatic N) is 1. The standard InChI is InChI=1S/C18H16ClN3O2S/c1-10-7-11(2)16-14(8-10)25-18(22-16)21-15(23)9-20-17(24)12-5-3-4-6-13(12)19/h3-8H,9H2,1-2H3,(H,20,24)(H,21,22,23). The summed E-state index contributed by atoms with van der Waals surface area (Å²) in [4.78, 5) is 28.6. The Labute approximate surface area is 154 Å². The highest BCUT2D eigenvalue weighted by Gasteiger charge is 2.13. The molecule has 1 heterocycles. The van der Waals surface area contributed by atoms with Crippen LogP contribution in [0.15, 0.2) is 36.4 Å². The van der Waals surface area contributed by atoms with Crippen LogP contribution in [0.5, 0.6) is 0 Å². The molecule has 5 nitrogen and oxygen atoms in total. The number of halogens is 1. The lowest BCUT2D eigenvalue weighted by molar-refractivity contribution is -0.115. The minimum Gasteiger partial charge on any atom is -0.343 e. The molecule has 3 aromatic rings. The molecule has 0 aliphatic rings. The number of benzene rings is 2. The summed E-state index contributed by atoms with van der Waals surface area (Å²) in [7, 11) is 0.